The van der Waals surface area contributed by atoms with Gasteiger partial charge in [-0.15, -0.1) is 0 Å². The van der Waals surface area contributed by atoms with Gasteiger partial charge in [0.1, 0.15) is 11.5 Å². The average Bonchev–Trinajstić information content (AvgIpc) is 3.30. The van der Waals surface area contributed by atoms with Crippen molar-refractivity contribution in [1.82, 2.24) is 4.90 Å². The minimum atomic E-state index is -0.435. The van der Waals surface area contributed by atoms with Crippen molar-refractivity contribution in [3.05, 3.63) is 86.4 Å². The first-order valence-corrected chi connectivity index (χ1v) is 10.8. The third-order valence-electron chi connectivity index (χ3n) is 4.73. The Hall–Kier alpha value is -2.80. The lowest BCUT2D eigenvalue weighted by Gasteiger charge is -2.14. The number of benzene rings is 2. The van der Waals surface area contributed by atoms with Gasteiger partial charge in [-0.05, 0) is 43.0 Å². The minimum absolute atomic E-state index is 0.00752. The molecule has 156 valence electrons. The summed E-state index contributed by atoms with van der Waals surface area (Å²) in [6, 6.07) is 15.5. The highest BCUT2D eigenvalue weighted by atomic mass is 35.5. The summed E-state index contributed by atoms with van der Waals surface area (Å²) in [6.45, 7) is 1.50. The molecule has 3 aromatic rings. The molecule has 1 aliphatic heterocycles. The third-order valence-corrected chi connectivity index (χ3v) is 6.34. The van der Waals surface area contributed by atoms with Gasteiger partial charge in [0, 0.05) is 32.8 Å². The van der Waals surface area contributed by atoms with Crippen LogP contribution in [0.5, 0.6) is 0 Å². The van der Waals surface area contributed by atoms with E-state index in [2.05, 4.69) is 0 Å². The summed E-state index contributed by atoms with van der Waals surface area (Å²) in [7, 11) is 0. The van der Waals surface area contributed by atoms with E-state index in [1.165, 1.54) is 13.0 Å². The Morgan fingerprint density at radius 3 is 2.35 bits per heavy atom. The molecule has 1 aliphatic rings. The molecule has 0 radical (unpaired) electrons. The molecular formula is C23H15Cl2NO4S. The molecule has 0 saturated carbocycles. The Morgan fingerprint density at radius 2 is 1.71 bits per heavy atom. The van der Waals surface area contributed by atoms with E-state index in [9.17, 15) is 14.4 Å². The molecule has 4 rings (SSSR count). The molecule has 0 unspecified atom stereocenters. The van der Waals surface area contributed by atoms with Crippen molar-refractivity contribution in [3.63, 3.8) is 0 Å². The van der Waals surface area contributed by atoms with Crippen LogP contribution in [0.1, 0.15) is 28.6 Å². The Labute approximate surface area is 192 Å². The zero-order chi connectivity index (χ0) is 22.1. The number of halogens is 2. The highest BCUT2D eigenvalue weighted by Crippen LogP contribution is 2.36. The smallest absolute Gasteiger partial charge is 0.293 e. The molecule has 0 spiro atoms. The molecule has 2 heterocycles. The zero-order valence-electron chi connectivity index (χ0n) is 16.2. The fourth-order valence-corrected chi connectivity index (χ4v) is 4.40. The second kappa shape index (κ2) is 8.75. The number of thioether (sulfide) groups is 1. The van der Waals surface area contributed by atoms with Crippen LogP contribution in [0.15, 0.2) is 63.9 Å². The normalized spacial score (nSPS) is 15.2. The molecule has 0 N–H and O–H groups in total. The van der Waals surface area contributed by atoms with E-state index in [-0.39, 0.29) is 17.2 Å². The lowest BCUT2D eigenvalue weighted by Crippen LogP contribution is -2.27. The van der Waals surface area contributed by atoms with Crippen molar-refractivity contribution in [2.45, 2.75) is 13.5 Å². The monoisotopic (exact) mass is 471 g/mol. The third kappa shape index (κ3) is 4.46. The topological polar surface area (TPSA) is 67.6 Å². The van der Waals surface area contributed by atoms with Gasteiger partial charge in [0.15, 0.2) is 5.78 Å². The first-order valence-electron chi connectivity index (χ1n) is 9.23. The van der Waals surface area contributed by atoms with Crippen LogP contribution in [0, 0.1) is 0 Å². The lowest BCUT2D eigenvalue weighted by atomic mass is 10.1. The molecule has 31 heavy (non-hydrogen) atoms. The summed E-state index contributed by atoms with van der Waals surface area (Å²) in [5.74, 6) is 0.575. The number of imide groups is 1. The minimum Gasteiger partial charge on any atom is -0.457 e. The Morgan fingerprint density at radius 1 is 1.03 bits per heavy atom. The number of carbonyl (C=O) groups is 3. The number of carbonyl (C=O) groups excluding carboxylic acids is 3. The highest BCUT2D eigenvalue weighted by molar-refractivity contribution is 8.18. The number of hydrogen-bond acceptors (Lipinski definition) is 5. The molecule has 0 aliphatic carbocycles. The second-order valence-electron chi connectivity index (χ2n) is 6.80. The highest BCUT2D eigenvalue weighted by Gasteiger charge is 2.36. The molecule has 1 aromatic heterocycles. The van der Waals surface area contributed by atoms with Crippen molar-refractivity contribution in [3.8, 4) is 11.3 Å². The van der Waals surface area contributed by atoms with Crippen molar-refractivity contribution < 1.29 is 18.8 Å². The molecule has 0 bridgehead atoms. The van der Waals surface area contributed by atoms with Crippen LogP contribution in [0.4, 0.5) is 4.79 Å². The predicted octanol–water partition coefficient (Wildman–Crippen LogP) is 6.69. The van der Waals surface area contributed by atoms with E-state index < -0.39 is 11.1 Å². The predicted molar refractivity (Wildman–Crippen MR) is 122 cm³/mol. The molecule has 1 fully saturated rings. The van der Waals surface area contributed by atoms with Crippen LogP contribution in [0.25, 0.3) is 17.4 Å². The summed E-state index contributed by atoms with van der Waals surface area (Å²) < 4.78 is 5.81. The Balaban J connectivity index is 1.54. The van der Waals surface area contributed by atoms with E-state index in [0.29, 0.717) is 32.7 Å². The number of hydrogen-bond donors (Lipinski definition) is 0. The van der Waals surface area contributed by atoms with Crippen LogP contribution < -0.4 is 0 Å². The molecule has 2 amide bonds. The Bertz CT molecular complexity index is 1210. The van der Waals surface area contributed by atoms with E-state index in [1.54, 1.807) is 54.6 Å². The largest absolute Gasteiger partial charge is 0.457 e. The van der Waals surface area contributed by atoms with Gasteiger partial charge in [-0.3, -0.25) is 19.3 Å². The molecule has 2 aromatic carbocycles. The molecule has 1 saturated heterocycles. The van der Waals surface area contributed by atoms with Crippen LogP contribution in [0.3, 0.4) is 0 Å². The maximum atomic E-state index is 12.8. The van der Waals surface area contributed by atoms with Crippen LogP contribution in [-0.2, 0) is 11.3 Å². The van der Waals surface area contributed by atoms with Gasteiger partial charge in [-0.1, -0.05) is 53.5 Å². The number of furan rings is 1. The zero-order valence-corrected chi connectivity index (χ0v) is 18.6. The van der Waals surface area contributed by atoms with Crippen LogP contribution >= 0.6 is 35.0 Å². The van der Waals surface area contributed by atoms with E-state index in [0.717, 1.165) is 22.2 Å². The fourth-order valence-electron chi connectivity index (χ4n) is 3.06. The first-order chi connectivity index (χ1) is 14.8. The van der Waals surface area contributed by atoms with Crippen LogP contribution in [-0.4, -0.2) is 21.8 Å². The average molecular weight is 472 g/mol. The Kier molecular flexibility index (Phi) is 6.05. The van der Waals surface area contributed by atoms with Gasteiger partial charge >= 0.3 is 0 Å². The maximum Gasteiger partial charge on any atom is 0.293 e. The number of amides is 2. The number of nitrogens with zero attached hydrogens (tertiary/aromatic N) is 1. The van der Waals surface area contributed by atoms with Gasteiger partial charge in [0.2, 0.25) is 0 Å². The fraction of sp³-hybridized carbons (Fsp3) is 0.0870. The van der Waals surface area contributed by atoms with Gasteiger partial charge in [-0.2, -0.15) is 0 Å². The number of rotatable bonds is 5. The molecule has 0 atom stereocenters. The lowest BCUT2D eigenvalue weighted by molar-refractivity contribution is -0.123. The number of Topliss-reactive ketones (excluding diaryl/α,β-unsaturated/α-hetero) is 1. The van der Waals surface area contributed by atoms with Gasteiger partial charge in [-0.25, -0.2) is 0 Å². The quantitative estimate of drug-likeness (QED) is 0.306. The van der Waals surface area contributed by atoms with Crippen molar-refractivity contribution in [2.24, 2.45) is 0 Å². The van der Waals surface area contributed by atoms with E-state index in [1.807, 2.05) is 0 Å². The van der Waals surface area contributed by atoms with Crippen molar-refractivity contribution in [2.75, 3.05) is 0 Å². The van der Waals surface area contributed by atoms with E-state index in [4.69, 9.17) is 27.6 Å². The van der Waals surface area contributed by atoms with Crippen molar-refractivity contribution >= 4 is 58.0 Å². The summed E-state index contributed by atoms with van der Waals surface area (Å²) in [5.41, 5.74) is 1.93. The summed E-state index contributed by atoms with van der Waals surface area (Å²) in [6.07, 6.45) is 1.53. The number of ketones is 1. The summed E-state index contributed by atoms with van der Waals surface area (Å²) in [4.78, 5) is 38.0. The molecular weight excluding hydrogens is 457 g/mol. The maximum absolute atomic E-state index is 12.8. The van der Waals surface area contributed by atoms with Gasteiger partial charge in [0.25, 0.3) is 11.1 Å². The molecule has 5 nitrogen and oxygen atoms in total. The SMILES string of the molecule is CC(=O)c1ccc(-c2ccc(/C=C3\SC(=O)N(Cc4c(Cl)cccc4Cl)C3=O)o2)cc1. The van der Waals surface area contributed by atoms with Crippen molar-refractivity contribution in [1.29, 1.82) is 0 Å². The summed E-state index contributed by atoms with van der Waals surface area (Å²) >= 11 is 13.2. The summed E-state index contributed by atoms with van der Waals surface area (Å²) in [5, 5.41) is 0.378. The van der Waals surface area contributed by atoms with Gasteiger partial charge in [0.05, 0.1) is 11.4 Å². The van der Waals surface area contributed by atoms with Gasteiger partial charge < -0.3 is 4.42 Å². The van der Waals surface area contributed by atoms with Crippen LogP contribution in [0.2, 0.25) is 10.0 Å². The van der Waals surface area contributed by atoms with E-state index >= 15 is 0 Å². The standard InChI is InChI=1S/C23H15Cl2NO4S/c1-13(27)14-5-7-15(8-6-14)20-10-9-16(30-20)11-21-22(28)26(23(29)31-21)12-17-18(24)3-2-4-19(17)25/h2-11H,12H2,1H3/b21-11-. The second-order valence-corrected chi connectivity index (χ2v) is 8.61. The first kappa shape index (κ1) is 21.4. The molecule has 8 heteroatoms.